The van der Waals surface area contributed by atoms with Gasteiger partial charge >= 0.3 is 11.9 Å². The summed E-state index contributed by atoms with van der Waals surface area (Å²) in [5, 5.41) is 10.3. The van der Waals surface area contributed by atoms with E-state index in [1.165, 1.54) is 31.3 Å². The molecule has 0 bridgehead atoms. The van der Waals surface area contributed by atoms with Crippen molar-refractivity contribution in [3.8, 4) is 0 Å². The maximum Gasteiger partial charge on any atom is 0.418 e. The number of aliphatic hydroxyl groups is 1. The summed E-state index contributed by atoms with van der Waals surface area (Å²) in [6.07, 6.45) is 13.7. The van der Waals surface area contributed by atoms with Gasteiger partial charge in [-0.2, -0.15) is 0 Å². The van der Waals surface area contributed by atoms with Gasteiger partial charge in [-0.3, -0.25) is 0 Å². The van der Waals surface area contributed by atoms with Gasteiger partial charge in [0.1, 0.15) is 6.10 Å². The van der Waals surface area contributed by atoms with E-state index >= 15 is 0 Å². The molecule has 4 aliphatic carbocycles. The summed E-state index contributed by atoms with van der Waals surface area (Å²) in [4.78, 5) is 23.6. The topological polar surface area (TPSA) is 91.3 Å². The molecule has 42 heavy (non-hydrogen) atoms. The Morgan fingerprint density at radius 2 is 1.71 bits per heavy atom. The average Bonchev–Trinajstić information content (AvgIpc) is 3.32. The minimum Gasteiger partial charge on any atom is -0.447 e. The lowest BCUT2D eigenvalue weighted by atomic mass is 9.51. The molecule has 2 saturated heterocycles. The number of hydrogen-bond donors (Lipinski definition) is 1. The molecule has 0 spiro atoms. The molecule has 5 fully saturated rings. The van der Waals surface area contributed by atoms with Crippen molar-refractivity contribution in [2.75, 3.05) is 6.61 Å². The summed E-state index contributed by atoms with van der Waals surface area (Å²) in [6.45, 7) is 14.3. The van der Waals surface area contributed by atoms with Gasteiger partial charge in [-0.25, -0.2) is 9.59 Å². The van der Waals surface area contributed by atoms with Crippen LogP contribution in [0.3, 0.4) is 0 Å². The molecule has 0 aromatic carbocycles. The van der Waals surface area contributed by atoms with Crippen molar-refractivity contribution in [2.24, 2.45) is 46.3 Å². The fourth-order valence-electron chi connectivity index (χ4n) is 9.01. The van der Waals surface area contributed by atoms with E-state index in [9.17, 15) is 14.7 Å². The lowest BCUT2D eigenvalue weighted by Gasteiger charge is -2.54. The largest absolute Gasteiger partial charge is 0.447 e. The number of rotatable bonds is 6. The number of carbonyl (C=O) groups excluding carboxylic acids is 2. The molecule has 7 unspecified atom stereocenters. The van der Waals surface area contributed by atoms with Crippen molar-refractivity contribution >= 4 is 11.9 Å². The van der Waals surface area contributed by atoms with E-state index in [2.05, 4.69) is 65.8 Å². The molecular weight excluding hydrogens is 532 g/mol. The van der Waals surface area contributed by atoms with Crippen LogP contribution >= 0.6 is 0 Å². The monoisotopic (exact) mass is 582 g/mol. The third-order valence-corrected chi connectivity index (χ3v) is 12.2. The zero-order valence-electron chi connectivity index (χ0n) is 26.2. The Morgan fingerprint density at radius 1 is 0.976 bits per heavy atom. The molecular formula is C35H50O7. The highest BCUT2D eigenvalue weighted by Gasteiger charge is 2.56. The Bertz CT molecular complexity index is 1170. The first-order valence-electron chi connectivity index (χ1n) is 16.4. The molecule has 232 valence electrons. The standard InChI is InChI=1S/C35H50O7/c1-19(2)20(3)7-8-21(4)22-15-27-25-10-9-23-16-24(11-14-35(23,6)26(25)12-13-34(27,5)17-22)40-33-30-29(28(36)18-39-33)41-31(37)32(38)42-30/h7-10,19-22,24,26-30,33,36H,11-18H2,1-6H3/b8-7+/t20-,21+,22?,24-,26?,27?,28?,29?,30?,33?,34+,35-/m0/s1. The van der Waals surface area contributed by atoms with E-state index in [4.69, 9.17) is 18.9 Å². The molecule has 2 heterocycles. The van der Waals surface area contributed by atoms with Gasteiger partial charge in [-0.15, -0.1) is 0 Å². The molecule has 0 radical (unpaired) electrons. The third kappa shape index (κ3) is 5.21. The van der Waals surface area contributed by atoms with Gasteiger partial charge in [0.2, 0.25) is 0 Å². The third-order valence-electron chi connectivity index (χ3n) is 12.2. The predicted molar refractivity (Wildman–Crippen MR) is 158 cm³/mol. The zero-order valence-corrected chi connectivity index (χ0v) is 26.2. The lowest BCUT2D eigenvalue weighted by Crippen LogP contribution is -2.61. The van der Waals surface area contributed by atoms with Crippen molar-refractivity contribution in [3.05, 3.63) is 35.5 Å². The molecule has 12 atom stereocenters. The van der Waals surface area contributed by atoms with Gasteiger partial charge in [-0.1, -0.05) is 77.0 Å². The first-order valence-corrected chi connectivity index (χ1v) is 16.4. The molecule has 2 aliphatic heterocycles. The van der Waals surface area contributed by atoms with Crippen LogP contribution in [0.5, 0.6) is 0 Å². The number of hydrogen-bond acceptors (Lipinski definition) is 7. The number of aliphatic hydroxyl groups excluding tert-OH is 1. The van der Waals surface area contributed by atoms with Crippen LogP contribution in [0, 0.1) is 46.3 Å². The maximum atomic E-state index is 11.9. The smallest absolute Gasteiger partial charge is 0.418 e. The van der Waals surface area contributed by atoms with Crippen molar-refractivity contribution in [3.63, 3.8) is 0 Å². The van der Waals surface area contributed by atoms with E-state index < -0.39 is 36.5 Å². The van der Waals surface area contributed by atoms with Gasteiger partial charge < -0.3 is 24.1 Å². The van der Waals surface area contributed by atoms with Gasteiger partial charge in [0.05, 0.1) is 12.7 Å². The second-order valence-corrected chi connectivity index (χ2v) is 15.1. The minimum absolute atomic E-state index is 0.0374. The Hall–Kier alpha value is -1.96. The van der Waals surface area contributed by atoms with E-state index in [-0.39, 0.29) is 18.1 Å². The van der Waals surface area contributed by atoms with Crippen LogP contribution in [0.1, 0.15) is 86.5 Å². The SMILES string of the molecule is CC(C)[C@@H](C)/C=C/[C@@H](C)C1CC2C3=CC=C4C[C@@H](OC5OCC(O)C6OC(=O)C(=O)OC56)CC[C@]4(C)C3CC[C@]2(C)C1. The summed E-state index contributed by atoms with van der Waals surface area (Å²) in [7, 11) is 0. The van der Waals surface area contributed by atoms with Crippen LogP contribution in [0.2, 0.25) is 0 Å². The van der Waals surface area contributed by atoms with E-state index in [0.717, 1.165) is 25.2 Å². The number of ether oxygens (including phenoxy) is 4. The van der Waals surface area contributed by atoms with Crippen molar-refractivity contribution in [2.45, 2.75) is 117 Å². The van der Waals surface area contributed by atoms with E-state index in [1.807, 2.05) is 0 Å². The molecule has 7 nitrogen and oxygen atoms in total. The van der Waals surface area contributed by atoms with Crippen LogP contribution in [0.25, 0.3) is 0 Å². The summed E-state index contributed by atoms with van der Waals surface area (Å²) in [5.41, 5.74) is 3.64. The second-order valence-electron chi connectivity index (χ2n) is 15.1. The summed E-state index contributed by atoms with van der Waals surface area (Å²) < 4.78 is 22.6. The van der Waals surface area contributed by atoms with Crippen LogP contribution in [0.4, 0.5) is 0 Å². The Morgan fingerprint density at radius 3 is 2.45 bits per heavy atom. The molecule has 0 aromatic rings. The molecule has 7 heteroatoms. The molecule has 3 saturated carbocycles. The molecule has 0 aromatic heterocycles. The van der Waals surface area contributed by atoms with Crippen LogP contribution < -0.4 is 0 Å². The van der Waals surface area contributed by atoms with Crippen LogP contribution in [-0.2, 0) is 28.5 Å². The fraction of sp³-hybridized carbons (Fsp3) is 0.771. The average molecular weight is 583 g/mol. The molecule has 0 amide bonds. The number of fused-ring (bicyclic) bond motifs is 6. The van der Waals surface area contributed by atoms with Gasteiger partial charge in [0.25, 0.3) is 0 Å². The summed E-state index contributed by atoms with van der Waals surface area (Å²) in [6, 6.07) is 0. The quantitative estimate of drug-likeness (QED) is 0.237. The van der Waals surface area contributed by atoms with Crippen molar-refractivity contribution in [1.29, 1.82) is 0 Å². The van der Waals surface area contributed by atoms with Gasteiger partial charge in [-0.05, 0) is 91.3 Å². The maximum absolute atomic E-state index is 11.9. The van der Waals surface area contributed by atoms with Crippen molar-refractivity contribution in [1.82, 2.24) is 0 Å². The lowest BCUT2D eigenvalue weighted by molar-refractivity contribution is -0.300. The van der Waals surface area contributed by atoms with Crippen molar-refractivity contribution < 1.29 is 33.6 Å². The Balaban J connectivity index is 1.15. The first-order chi connectivity index (χ1) is 19.9. The highest BCUT2D eigenvalue weighted by molar-refractivity contribution is 6.30. The van der Waals surface area contributed by atoms with Crippen LogP contribution in [0.15, 0.2) is 35.5 Å². The van der Waals surface area contributed by atoms with Gasteiger partial charge in [0.15, 0.2) is 18.5 Å². The Kier molecular flexibility index (Phi) is 8.02. The number of esters is 2. The normalized spacial score (nSPS) is 44.7. The highest BCUT2D eigenvalue weighted by atomic mass is 16.7. The van der Waals surface area contributed by atoms with Gasteiger partial charge in [0, 0.05) is 0 Å². The molecule has 6 aliphatic rings. The zero-order chi connectivity index (χ0) is 30.0. The highest BCUT2D eigenvalue weighted by Crippen LogP contribution is 2.65. The molecule has 6 rings (SSSR count). The fourth-order valence-corrected chi connectivity index (χ4v) is 9.01. The Labute approximate surface area is 251 Å². The van der Waals surface area contributed by atoms with Crippen LogP contribution in [-0.4, -0.2) is 54.4 Å². The number of allylic oxidation sites excluding steroid dienone is 5. The second kappa shape index (κ2) is 11.2. The first kappa shape index (κ1) is 30.1. The molecule has 1 N–H and O–H groups in total. The predicted octanol–water partition coefficient (Wildman–Crippen LogP) is 5.91. The van der Waals surface area contributed by atoms with E-state index in [0.29, 0.717) is 35.0 Å². The van der Waals surface area contributed by atoms with E-state index in [1.54, 1.807) is 5.57 Å². The summed E-state index contributed by atoms with van der Waals surface area (Å²) >= 11 is 0. The number of carbonyl (C=O) groups is 2. The minimum atomic E-state index is -1.08. The summed E-state index contributed by atoms with van der Waals surface area (Å²) in [5.74, 6) is 1.73.